The summed E-state index contributed by atoms with van der Waals surface area (Å²) < 4.78 is 2.37. The second kappa shape index (κ2) is 7.69. The van der Waals surface area contributed by atoms with Gasteiger partial charge in [-0.3, -0.25) is 4.98 Å². The van der Waals surface area contributed by atoms with Gasteiger partial charge in [0.15, 0.2) is 0 Å². The second-order valence-corrected chi connectivity index (χ2v) is 4.95. The smallest absolute Gasteiger partial charge is 0.226 e. The molecule has 2 aromatic heterocycles. The summed E-state index contributed by atoms with van der Waals surface area (Å²) in [5.74, 6) is 0.605. The highest BCUT2D eigenvalue weighted by Gasteiger charge is 2.00. The van der Waals surface area contributed by atoms with Crippen LogP contribution in [-0.2, 0) is 6.54 Å². The fraction of sp³-hybridized carbons (Fsp3) is 0.429. The number of hydrogen-bond donors (Lipinski definition) is 1. The molecule has 0 fully saturated rings. The van der Waals surface area contributed by atoms with Crippen LogP contribution < -0.4 is 5.32 Å². The Balaban J connectivity index is 1.97. The third kappa shape index (κ3) is 4.38. The number of hydrogen-bond acceptors (Lipinski definition) is 5. The first kappa shape index (κ1) is 14.6. The maximum Gasteiger partial charge on any atom is 0.226 e. The third-order valence-corrected chi connectivity index (χ3v) is 3.23. The zero-order valence-corrected chi connectivity index (χ0v) is 12.4. The van der Waals surface area contributed by atoms with Crippen molar-refractivity contribution in [1.29, 1.82) is 0 Å². The molecule has 2 aromatic rings. The van der Waals surface area contributed by atoms with Crippen molar-refractivity contribution in [3.63, 3.8) is 0 Å². The summed E-state index contributed by atoms with van der Waals surface area (Å²) >= 11 is 5.29. The van der Waals surface area contributed by atoms with E-state index in [4.69, 9.17) is 12.2 Å². The summed E-state index contributed by atoms with van der Waals surface area (Å²) in [6.45, 7) is 3.71. The average Bonchev–Trinajstić information content (AvgIpc) is 2.47. The molecule has 0 spiro atoms. The molecule has 0 bridgehead atoms. The molecule has 2 rings (SSSR count). The molecule has 6 heteroatoms. The fourth-order valence-electron chi connectivity index (χ4n) is 1.81. The molecule has 0 unspecified atom stereocenters. The van der Waals surface area contributed by atoms with Gasteiger partial charge in [0, 0.05) is 18.9 Å². The molecule has 1 N–H and O–H groups in total. The zero-order chi connectivity index (χ0) is 14.2. The summed E-state index contributed by atoms with van der Waals surface area (Å²) in [6, 6.07) is 3.91. The first-order valence-electron chi connectivity index (χ1n) is 6.86. The molecule has 0 aliphatic heterocycles. The maximum absolute atomic E-state index is 5.29. The van der Waals surface area contributed by atoms with Gasteiger partial charge in [0.1, 0.15) is 6.33 Å². The molecule has 0 saturated carbocycles. The Hall–Kier alpha value is -1.82. The number of unbranched alkanes of at least 4 members (excludes halogenated alkanes) is 2. The minimum absolute atomic E-state index is 0.529. The summed E-state index contributed by atoms with van der Waals surface area (Å²) in [7, 11) is 0. The van der Waals surface area contributed by atoms with Gasteiger partial charge in [-0.2, -0.15) is 4.98 Å². The van der Waals surface area contributed by atoms with Crippen LogP contribution in [0, 0.1) is 4.77 Å². The summed E-state index contributed by atoms with van der Waals surface area (Å²) in [6.07, 6.45) is 8.83. The average molecular weight is 289 g/mol. The predicted molar refractivity (Wildman–Crippen MR) is 82.2 cm³/mol. The molecule has 2 heterocycles. The quantitative estimate of drug-likeness (QED) is 0.627. The molecular formula is C14H19N5S. The lowest BCUT2D eigenvalue weighted by atomic mass is 10.2. The SMILES string of the molecule is CCCCCNc1ncn(Cc2cccnc2)c(=S)n1. The van der Waals surface area contributed by atoms with Crippen molar-refractivity contribution in [1.82, 2.24) is 19.5 Å². The van der Waals surface area contributed by atoms with E-state index in [0.717, 1.165) is 18.5 Å². The molecule has 20 heavy (non-hydrogen) atoms. The van der Waals surface area contributed by atoms with E-state index in [2.05, 4.69) is 27.2 Å². The van der Waals surface area contributed by atoms with Gasteiger partial charge in [-0.1, -0.05) is 25.8 Å². The maximum atomic E-state index is 5.29. The van der Waals surface area contributed by atoms with E-state index in [1.54, 1.807) is 12.5 Å². The third-order valence-electron chi connectivity index (χ3n) is 2.91. The molecule has 0 saturated heterocycles. The van der Waals surface area contributed by atoms with Gasteiger partial charge in [-0.15, -0.1) is 0 Å². The lowest BCUT2D eigenvalue weighted by molar-refractivity contribution is 0.711. The minimum atomic E-state index is 0.529. The van der Waals surface area contributed by atoms with E-state index in [1.807, 2.05) is 22.9 Å². The second-order valence-electron chi connectivity index (χ2n) is 4.59. The van der Waals surface area contributed by atoms with Gasteiger partial charge in [0.2, 0.25) is 10.7 Å². The van der Waals surface area contributed by atoms with Gasteiger partial charge in [-0.05, 0) is 30.3 Å². The molecule has 0 aliphatic carbocycles. The van der Waals surface area contributed by atoms with Crippen LogP contribution in [0.3, 0.4) is 0 Å². The van der Waals surface area contributed by atoms with Crippen LogP contribution in [0.2, 0.25) is 0 Å². The summed E-state index contributed by atoms with van der Waals surface area (Å²) in [5.41, 5.74) is 1.08. The Morgan fingerprint density at radius 2 is 2.25 bits per heavy atom. The van der Waals surface area contributed by atoms with Crippen LogP contribution in [0.1, 0.15) is 31.7 Å². The lowest BCUT2D eigenvalue weighted by Gasteiger charge is -2.08. The zero-order valence-electron chi connectivity index (χ0n) is 11.6. The normalized spacial score (nSPS) is 10.4. The predicted octanol–water partition coefficient (Wildman–Crippen LogP) is 3.05. The minimum Gasteiger partial charge on any atom is -0.354 e. The molecule has 0 atom stereocenters. The number of rotatable bonds is 7. The number of pyridine rings is 1. The van der Waals surface area contributed by atoms with Crippen molar-refractivity contribution < 1.29 is 0 Å². The molecule has 0 aliphatic rings. The van der Waals surface area contributed by atoms with E-state index in [-0.39, 0.29) is 0 Å². The highest BCUT2D eigenvalue weighted by Crippen LogP contribution is 2.03. The molecule has 0 radical (unpaired) electrons. The van der Waals surface area contributed by atoms with Gasteiger partial charge in [-0.25, -0.2) is 4.98 Å². The van der Waals surface area contributed by atoms with Crippen molar-refractivity contribution in [2.75, 3.05) is 11.9 Å². The topological polar surface area (TPSA) is 55.6 Å². The van der Waals surface area contributed by atoms with Crippen LogP contribution in [0.15, 0.2) is 30.9 Å². The monoisotopic (exact) mass is 289 g/mol. The van der Waals surface area contributed by atoms with E-state index in [0.29, 0.717) is 17.3 Å². The van der Waals surface area contributed by atoms with Crippen LogP contribution in [-0.4, -0.2) is 26.1 Å². The fourth-order valence-corrected chi connectivity index (χ4v) is 2.01. The van der Waals surface area contributed by atoms with Crippen LogP contribution in [0.4, 0.5) is 5.95 Å². The number of anilines is 1. The first-order valence-corrected chi connectivity index (χ1v) is 7.26. The highest BCUT2D eigenvalue weighted by atomic mass is 32.1. The summed E-state index contributed by atoms with van der Waals surface area (Å²) in [4.78, 5) is 12.7. The Labute approximate surface area is 124 Å². The van der Waals surface area contributed by atoms with Crippen molar-refractivity contribution in [2.45, 2.75) is 32.7 Å². The number of nitrogens with one attached hydrogen (secondary N) is 1. The van der Waals surface area contributed by atoms with E-state index >= 15 is 0 Å². The Morgan fingerprint density at radius 1 is 1.35 bits per heavy atom. The van der Waals surface area contributed by atoms with Gasteiger partial charge >= 0.3 is 0 Å². The van der Waals surface area contributed by atoms with E-state index in [1.165, 1.54) is 12.8 Å². The summed E-state index contributed by atoms with van der Waals surface area (Å²) in [5, 5.41) is 3.20. The van der Waals surface area contributed by atoms with Crippen molar-refractivity contribution in [3.8, 4) is 0 Å². The molecular weight excluding hydrogens is 270 g/mol. The molecule has 0 aromatic carbocycles. The molecule has 5 nitrogen and oxygen atoms in total. The first-order chi connectivity index (χ1) is 9.79. The standard InChI is InChI=1S/C14H19N5S/c1-2-3-4-8-16-13-17-11-19(14(20)18-13)10-12-6-5-7-15-9-12/h5-7,9,11H,2-4,8,10H2,1H3,(H,16,18,20). The van der Waals surface area contributed by atoms with E-state index in [9.17, 15) is 0 Å². The van der Waals surface area contributed by atoms with E-state index < -0.39 is 0 Å². The number of aromatic nitrogens is 4. The van der Waals surface area contributed by atoms with Crippen LogP contribution in [0.5, 0.6) is 0 Å². The Morgan fingerprint density at radius 3 is 2.95 bits per heavy atom. The van der Waals surface area contributed by atoms with Crippen molar-refractivity contribution in [3.05, 3.63) is 41.2 Å². The van der Waals surface area contributed by atoms with Gasteiger partial charge in [0.05, 0.1) is 6.54 Å². The lowest BCUT2D eigenvalue weighted by Crippen LogP contribution is -2.10. The van der Waals surface area contributed by atoms with Crippen LogP contribution in [0.25, 0.3) is 0 Å². The highest BCUT2D eigenvalue weighted by molar-refractivity contribution is 7.71. The van der Waals surface area contributed by atoms with Crippen molar-refractivity contribution in [2.24, 2.45) is 0 Å². The molecule has 0 amide bonds. The number of nitrogens with zero attached hydrogens (tertiary/aromatic N) is 4. The largest absolute Gasteiger partial charge is 0.354 e. The van der Waals surface area contributed by atoms with Crippen molar-refractivity contribution >= 4 is 18.2 Å². The molecule has 106 valence electrons. The van der Waals surface area contributed by atoms with Gasteiger partial charge < -0.3 is 9.88 Å². The Kier molecular flexibility index (Phi) is 5.61. The van der Waals surface area contributed by atoms with Gasteiger partial charge in [0.25, 0.3) is 0 Å². The Bertz CT molecular complexity index is 582. The van der Waals surface area contributed by atoms with Crippen LogP contribution >= 0.6 is 12.2 Å².